The molecule has 2 aliphatic rings. The molecule has 7 nitrogen and oxygen atoms in total. The van der Waals surface area contributed by atoms with Gasteiger partial charge in [-0.05, 0) is 37.3 Å². The van der Waals surface area contributed by atoms with E-state index in [9.17, 15) is 14.0 Å². The fraction of sp³-hybridized carbons (Fsp3) is 0.182. The van der Waals surface area contributed by atoms with Gasteiger partial charge in [0.05, 0.1) is 35.6 Å². The van der Waals surface area contributed by atoms with Crippen molar-refractivity contribution in [3.63, 3.8) is 0 Å². The number of imide groups is 1. The van der Waals surface area contributed by atoms with Gasteiger partial charge < -0.3 is 10.1 Å². The van der Waals surface area contributed by atoms with Gasteiger partial charge in [0.1, 0.15) is 5.25 Å². The van der Waals surface area contributed by atoms with Crippen LogP contribution < -0.4 is 15.0 Å². The molecule has 3 aromatic rings. The number of urea groups is 1. The SMILES string of the molecule is COc1cc(C2=CC3NC(=O)N(c4cncc5ccc(C)nc45)C(=O)C3S2)c(Cl)cc1F. The van der Waals surface area contributed by atoms with Gasteiger partial charge in [-0.3, -0.25) is 14.8 Å². The number of thioether (sulfide) groups is 1. The summed E-state index contributed by atoms with van der Waals surface area (Å²) < 4.78 is 19.0. The van der Waals surface area contributed by atoms with Crippen LogP contribution in [0.2, 0.25) is 5.02 Å². The van der Waals surface area contributed by atoms with Crippen LogP contribution in [0, 0.1) is 12.7 Å². The Morgan fingerprint density at radius 1 is 1.25 bits per heavy atom. The van der Waals surface area contributed by atoms with Crippen LogP contribution in [0.25, 0.3) is 15.8 Å². The molecular weight excluding hydrogens is 455 g/mol. The van der Waals surface area contributed by atoms with Gasteiger partial charge in [0.25, 0.3) is 5.91 Å². The molecule has 0 aliphatic carbocycles. The number of hydrogen-bond acceptors (Lipinski definition) is 6. The number of fused-ring (bicyclic) bond motifs is 2. The van der Waals surface area contributed by atoms with Gasteiger partial charge >= 0.3 is 6.03 Å². The van der Waals surface area contributed by atoms with Gasteiger partial charge in [0.15, 0.2) is 11.6 Å². The van der Waals surface area contributed by atoms with Gasteiger partial charge in [-0.25, -0.2) is 14.1 Å². The number of anilines is 1. The van der Waals surface area contributed by atoms with Crippen LogP contribution in [-0.4, -0.2) is 40.3 Å². The van der Waals surface area contributed by atoms with Crippen molar-refractivity contribution >= 4 is 56.8 Å². The molecule has 32 heavy (non-hydrogen) atoms. The number of methoxy groups -OCH3 is 1. The van der Waals surface area contributed by atoms with Crippen molar-refractivity contribution in [1.29, 1.82) is 0 Å². The Kier molecular flexibility index (Phi) is 5.02. The number of amides is 3. The molecule has 1 aromatic carbocycles. The maximum atomic E-state index is 14.0. The summed E-state index contributed by atoms with van der Waals surface area (Å²) in [4.78, 5) is 36.8. The number of pyridine rings is 2. The van der Waals surface area contributed by atoms with Crippen LogP contribution in [0.3, 0.4) is 0 Å². The Balaban J connectivity index is 1.51. The lowest BCUT2D eigenvalue weighted by molar-refractivity contribution is -0.118. The number of aryl methyl sites for hydroxylation is 1. The first-order valence-electron chi connectivity index (χ1n) is 9.65. The molecule has 0 spiro atoms. The van der Waals surface area contributed by atoms with E-state index in [1.165, 1.54) is 37.2 Å². The van der Waals surface area contributed by atoms with Crippen LogP contribution in [0.15, 0.2) is 42.7 Å². The summed E-state index contributed by atoms with van der Waals surface area (Å²) in [5.41, 5.74) is 2.13. The quantitative estimate of drug-likeness (QED) is 0.613. The molecule has 5 rings (SSSR count). The largest absolute Gasteiger partial charge is 0.494 e. The van der Waals surface area contributed by atoms with Crippen molar-refractivity contribution in [3.8, 4) is 5.75 Å². The standard InChI is InChI=1S/C22H16ClFN4O3S/c1-10-3-4-11-8-25-9-16(19(11)26-10)28-21(29)20-15(27-22(28)30)7-18(32-20)12-5-17(31-2)14(24)6-13(12)23/h3-9,15,20H,1-2H3,(H,27,30). The smallest absolute Gasteiger partial charge is 0.329 e. The number of carbonyl (C=O) groups is 2. The minimum absolute atomic E-state index is 0.0426. The summed E-state index contributed by atoms with van der Waals surface area (Å²) in [6, 6.07) is 5.25. The summed E-state index contributed by atoms with van der Waals surface area (Å²) in [5.74, 6) is -0.928. The maximum Gasteiger partial charge on any atom is 0.329 e. The molecule has 0 radical (unpaired) electrons. The fourth-order valence-electron chi connectivity index (χ4n) is 3.80. The monoisotopic (exact) mass is 470 g/mol. The highest BCUT2D eigenvalue weighted by Gasteiger charge is 2.46. The van der Waals surface area contributed by atoms with E-state index < -0.39 is 29.0 Å². The molecule has 1 N–H and O–H groups in total. The van der Waals surface area contributed by atoms with E-state index in [0.29, 0.717) is 21.7 Å². The van der Waals surface area contributed by atoms with E-state index in [1.54, 1.807) is 12.3 Å². The molecular formula is C22H16ClFN4O3S. The number of ether oxygens (including phenoxy) is 1. The van der Waals surface area contributed by atoms with Crippen LogP contribution >= 0.6 is 23.4 Å². The summed E-state index contributed by atoms with van der Waals surface area (Å²) in [6.07, 6.45) is 4.85. The maximum absolute atomic E-state index is 14.0. The molecule has 0 bridgehead atoms. The Labute approximate surface area is 191 Å². The highest BCUT2D eigenvalue weighted by atomic mass is 35.5. The second-order valence-corrected chi connectivity index (χ2v) is 8.96. The number of nitrogens with one attached hydrogen (secondary N) is 1. The first-order chi connectivity index (χ1) is 15.4. The van der Waals surface area contributed by atoms with Crippen molar-refractivity contribution in [3.05, 3.63) is 64.8 Å². The topological polar surface area (TPSA) is 84.4 Å². The molecule has 2 atom stereocenters. The highest BCUT2D eigenvalue weighted by Crippen LogP contribution is 2.45. The zero-order valence-electron chi connectivity index (χ0n) is 16.9. The molecule has 162 valence electrons. The van der Waals surface area contributed by atoms with Crippen LogP contribution in [-0.2, 0) is 4.79 Å². The van der Waals surface area contributed by atoms with Gasteiger partial charge in [-0.15, -0.1) is 11.8 Å². The van der Waals surface area contributed by atoms with Gasteiger partial charge in [-0.1, -0.05) is 11.6 Å². The predicted octanol–water partition coefficient (Wildman–Crippen LogP) is 4.32. The summed E-state index contributed by atoms with van der Waals surface area (Å²) in [5, 5.41) is 3.16. The van der Waals surface area contributed by atoms with E-state index in [2.05, 4.69) is 15.3 Å². The first kappa shape index (κ1) is 20.7. The zero-order chi connectivity index (χ0) is 22.6. The number of hydrogen-bond donors (Lipinski definition) is 1. The highest BCUT2D eigenvalue weighted by molar-refractivity contribution is 8.09. The molecule has 1 fully saturated rings. The van der Waals surface area contributed by atoms with Gasteiger partial charge in [0.2, 0.25) is 0 Å². The third-order valence-corrected chi connectivity index (χ3v) is 7.01. The van der Waals surface area contributed by atoms with E-state index in [-0.39, 0.29) is 10.8 Å². The molecule has 0 saturated carbocycles. The van der Waals surface area contributed by atoms with E-state index >= 15 is 0 Å². The second kappa shape index (κ2) is 7.75. The van der Waals surface area contributed by atoms with E-state index in [0.717, 1.165) is 16.0 Å². The van der Waals surface area contributed by atoms with Gasteiger partial charge in [0, 0.05) is 27.7 Å². The number of carbonyl (C=O) groups excluding carboxylic acids is 2. The number of rotatable bonds is 3. The number of aromatic nitrogens is 2. The lowest BCUT2D eigenvalue weighted by atomic mass is 10.1. The van der Waals surface area contributed by atoms with Crippen molar-refractivity contribution < 1.29 is 18.7 Å². The third kappa shape index (κ3) is 3.28. The summed E-state index contributed by atoms with van der Waals surface area (Å²) >= 11 is 7.51. The number of halogens is 2. The summed E-state index contributed by atoms with van der Waals surface area (Å²) in [6.45, 7) is 1.83. The Bertz CT molecular complexity index is 1330. The minimum atomic E-state index is -0.616. The van der Waals surface area contributed by atoms with Crippen LogP contribution in [0.4, 0.5) is 14.9 Å². The molecule has 10 heteroatoms. The van der Waals surface area contributed by atoms with Crippen LogP contribution in [0.1, 0.15) is 11.3 Å². The average molecular weight is 471 g/mol. The first-order valence-corrected chi connectivity index (χ1v) is 10.9. The fourth-order valence-corrected chi connectivity index (χ4v) is 5.40. The molecule has 2 unspecified atom stereocenters. The molecule has 3 amide bonds. The van der Waals surface area contributed by atoms with Gasteiger partial charge in [-0.2, -0.15) is 0 Å². The molecule has 2 aromatic heterocycles. The van der Waals surface area contributed by atoms with Crippen molar-refractivity contribution in [2.45, 2.75) is 18.2 Å². The average Bonchev–Trinajstić information content (AvgIpc) is 3.18. The predicted molar refractivity (Wildman–Crippen MR) is 121 cm³/mol. The molecule has 4 heterocycles. The lowest BCUT2D eigenvalue weighted by Crippen LogP contribution is -2.60. The van der Waals surface area contributed by atoms with E-state index in [4.69, 9.17) is 16.3 Å². The second-order valence-electron chi connectivity index (χ2n) is 7.37. The van der Waals surface area contributed by atoms with Crippen molar-refractivity contribution in [2.75, 3.05) is 12.0 Å². The normalized spacial score (nSPS) is 20.2. The zero-order valence-corrected chi connectivity index (χ0v) is 18.5. The number of nitrogens with zero attached hydrogens (tertiary/aromatic N) is 3. The minimum Gasteiger partial charge on any atom is -0.494 e. The third-order valence-electron chi connectivity index (χ3n) is 5.33. The molecule has 1 saturated heterocycles. The Morgan fingerprint density at radius 3 is 2.84 bits per heavy atom. The number of benzene rings is 1. The lowest BCUT2D eigenvalue weighted by Gasteiger charge is -2.33. The summed E-state index contributed by atoms with van der Waals surface area (Å²) in [7, 11) is 1.36. The van der Waals surface area contributed by atoms with Crippen LogP contribution in [0.5, 0.6) is 5.75 Å². The molecule has 2 aliphatic heterocycles. The Hall–Kier alpha value is -3.17. The van der Waals surface area contributed by atoms with Crippen molar-refractivity contribution in [2.24, 2.45) is 0 Å². The Morgan fingerprint density at radius 2 is 2.06 bits per heavy atom. The van der Waals surface area contributed by atoms with Crippen molar-refractivity contribution in [1.82, 2.24) is 15.3 Å². The van der Waals surface area contributed by atoms with E-state index in [1.807, 2.05) is 19.1 Å².